The van der Waals surface area contributed by atoms with E-state index in [4.69, 9.17) is 4.42 Å². The van der Waals surface area contributed by atoms with Gasteiger partial charge in [-0.15, -0.1) is 11.8 Å². The van der Waals surface area contributed by atoms with Gasteiger partial charge < -0.3 is 15.1 Å². The van der Waals surface area contributed by atoms with Crippen molar-refractivity contribution in [2.24, 2.45) is 0 Å². The molecular formula is C20H18N2O3S. The molecule has 0 fully saturated rings. The molecule has 0 saturated heterocycles. The molecule has 0 bridgehead atoms. The summed E-state index contributed by atoms with van der Waals surface area (Å²) < 4.78 is 5.79. The summed E-state index contributed by atoms with van der Waals surface area (Å²) in [6.07, 6.45) is 0.120. The number of furan rings is 1. The van der Waals surface area contributed by atoms with Gasteiger partial charge in [0.2, 0.25) is 11.8 Å². The Hall–Kier alpha value is -2.73. The zero-order chi connectivity index (χ0) is 18.1. The second-order valence-electron chi connectivity index (χ2n) is 6.27. The van der Waals surface area contributed by atoms with E-state index in [9.17, 15) is 9.59 Å². The monoisotopic (exact) mass is 366 g/mol. The summed E-state index contributed by atoms with van der Waals surface area (Å²) in [7, 11) is 0. The Balaban J connectivity index is 1.41. The minimum absolute atomic E-state index is 0.120. The molecule has 0 aliphatic carbocycles. The average Bonchev–Trinajstić information content (AvgIpc) is 3.06. The molecule has 0 radical (unpaired) electrons. The van der Waals surface area contributed by atoms with E-state index in [1.165, 1.54) is 11.8 Å². The first kappa shape index (κ1) is 16.7. The maximum Gasteiger partial charge on any atom is 0.238 e. The highest BCUT2D eigenvalue weighted by Crippen LogP contribution is 2.36. The fourth-order valence-corrected chi connectivity index (χ4v) is 4.09. The zero-order valence-electron chi connectivity index (χ0n) is 14.2. The Kier molecular flexibility index (Phi) is 4.42. The molecule has 5 nitrogen and oxygen atoms in total. The minimum Gasteiger partial charge on any atom is -0.459 e. The van der Waals surface area contributed by atoms with E-state index in [-0.39, 0.29) is 24.3 Å². The maximum absolute atomic E-state index is 12.4. The molecule has 4 rings (SSSR count). The van der Waals surface area contributed by atoms with Crippen LogP contribution in [0.4, 0.5) is 5.69 Å². The first-order valence-electron chi connectivity index (χ1n) is 8.44. The number of carbonyl (C=O) groups excluding carboxylic acids is 2. The molecule has 2 heterocycles. The Labute approximate surface area is 155 Å². The third kappa shape index (κ3) is 3.32. The second-order valence-corrected chi connectivity index (χ2v) is 7.52. The Morgan fingerprint density at radius 1 is 1.23 bits per heavy atom. The van der Waals surface area contributed by atoms with Crippen molar-refractivity contribution in [1.82, 2.24) is 5.32 Å². The molecule has 0 saturated carbocycles. The van der Waals surface area contributed by atoms with Gasteiger partial charge >= 0.3 is 0 Å². The standard InChI is InChI=1S/C20H18N2O3S/c1-12(16-10-13-6-2-4-8-15(13)25-16)21-19(23)11-18-20(24)22-14-7-3-5-9-17(14)26-18/h2-10,12,18H,11H2,1H3,(H,21,23)(H,22,24). The first-order valence-corrected chi connectivity index (χ1v) is 9.32. The Morgan fingerprint density at radius 3 is 2.85 bits per heavy atom. The van der Waals surface area contributed by atoms with E-state index in [1.807, 2.05) is 61.5 Å². The summed E-state index contributed by atoms with van der Waals surface area (Å²) in [5.41, 5.74) is 1.59. The lowest BCUT2D eigenvalue weighted by Gasteiger charge is -2.24. The van der Waals surface area contributed by atoms with E-state index >= 15 is 0 Å². The van der Waals surface area contributed by atoms with Crippen molar-refractivity contribution in [3.8, 4) is 0 Å². The van der Waals surface area contributed by atoms with Gasteiger partial charge in [-0.2, -0.15) is 0 Å². The van der Waals surface area contributed by atoms with Gasteiger partial charge in [0.05, 0.1) is 17.0 Å². The number of benzene rings is 2. The number of hydrogen-bond donors (Lipinski definition) is 2. The fraction of sp³-hybridized carbons (Fsp3) is 0.200. The minimum atomic E-state index is -0.437. The molecular weight excluding hydrogens is 348 g/mol. The van der Waals surface area contributed by atoms with Crippen molar-refractivity contribution in [2.45, 2.75) is 29.5 Å². The van der Waals surface area contributed by atoms with Gasteiger partial charge in [0.15, 0.2) is 0 Å². The van der Waals surface area contributed by atoms with Crippen LogP contribution < -0.4 is 10.6 Å². The molecule has 1 aromatic heterocycles. The Bertz CT molecular complexity index is 949. The molecule has 1 aliphatic rings. The van der Waals surface area contributed by atoms with Crippen molar-refractivity contribution >= 4 is 40.2 Å². The number of fused-ring (bicyclic) bond motifs is 2. The third-order valence-corrected chi connectivity index (χ3v) is 5.60. The quantitative estimate of drug-likeness (QED) is 0.729. The van der Waals surface area contributed by atoms with Gasteiger partial charge in [-0.25, -0.2) is 0 Å². The summed E-state index contributed by atoms with van der Waals surface area (Å²) in [6.45, 7) is 1.87. The van der Waals surface area contributed by atoms with Gasteiger partial charge in [0.1, 0.15) is 11.3 Å². The number of amides is 2. The maximum atomic E-state index is 12.4. The second kappa shape index (κ2) is 6.88. The smallest absolute Gasteiger partial charge is 0.238 e. The van der Waals surface area contributed by atoms with Crippen molar-refractivity contribution in [3.05, 3.63) is 60.4 Å². The molecule has 132 valence electrons. The summed E-state index contributed by atoms with van der Waals surface area (Å²) in [5, 5.41) is 6.35. The zero-order valence-corrected chi connectivity index (χ0v) is 15.0. The molecule has 2 aromatic carbocycles. The van der Waals surface area contributed by atoms with Crippen LogP contribution in [-0.2, 0) is 9.59 Å². The summed E-state index contributed by atoms with van der Waals surface area (Å²) in [4.78, 5) is 25.6. The van der Waals surface area contributed by atoms with Crippen molar-refractivity contribution in [2.75, 3.05) is 5.32 Å². The molecule has 2 amide bonds. The summed E-state index contributed by atoms with van der Waals surface area (Å²) >= 11 is 1.42. The van der Waals surface area contributed by atoms with Gasteiger partial charge in [0, 0.05) is 16.7 Å². The molecule has 0 spiro atoms. The van der Waals surface area contributed by atoms with Gasteiger partial charge in [0.25, 0.3) is 0 Å². The molecule has 2 N–H and O–H groups in total. The highest BCUT2D eigenvalue weighted by molar-refractivity contribution is 8.01. The van der Waals surface area contributed by atoms with Crippen LogP contribution in [0.3, 0.4) is 0 Å². The topological polar surface area (TPSA) is 71.3 Å². The first-order chi connectivity index (χ1) is 12.6. The molecule has 26 heavy (non-hydrogen) atoms. The summed E-state index contributed by atoms with van der Waals surface area (Å²) in [5.74, 6) is 0.385. The number of nitrogens with one attached hydrogen (secondary N) is 2. The van der Waals surface area contributed by atoms with Crippen LogP contribution in [0.2, 0.25) is 0 Å². The highest BCUT2D eigenvalue weighted by atomic mass is 32.2. The van der Waals surface area contributed by atoms with E-state index in [0.29, 0.717) is 5.76 Å². The highest BCUT2D eigenvalue weighted by Gasteiger charge is 2.29. The average molecular weight is 366 g/mol. The van der Waals surface area contributed by atoms with Crippen molar-refractivity contribution in [1.29, 1.82) is 0 Å². The lowest BCUT2D eigenvalue weighted by Crippen LogP contribution is -2.35. The van der Waals surface area contributed by atoms with Crippen LogP contribution in [0.15, 0.2) is 63.9 Å². The SMILES string of the molecule is CC(NC(=O)CC1Sc2ccccc2NC1=O)c1cc2ccccc2o1. The van der Waals surface area contributed by atoms with Gasteiger partial charge in [-0.1, -0.05) is 30.3 Å². The number of rotatable bonds is 4. The lowest BCUT2D eigenvalue weighted by atomic mass is 10.2. The van der Waals surface area contributed by atoms with Gasteiger partial charge in [-0.3, -0.25) is 9.59 Å². The van der Waals surface area contributed by atoms with Crippen LogP contribution in [0.5, 0.6) is 0 Å². The molecule has 2 atom stereocenters. The predicted molar refractivity (Wildman–Crippen MR) is 102 cm³/mol. The summed E-state index contributed by atoms with van der Waals surface area (Å²) in [6, 6.07) is 17.0. The fourth-order valence-electron chi connectivity index (χ4n) is 2.98. The van der Waals surface area contributed by atoms with E-state index in [2.05, 4.69) is 10.6 Å². The third-order valence-electron chi connectivity index (χ3n) is 4.33. The number of thioether (sulfide) groups is 1. The molecule has 2 unspecified atom stereocenters. The van der Waals surface area contributed by atoms with Crippen LogP contribution in [0, 0.1) is 0 Å². The van der Waals surface area contributed by atoms with Crippen molar-refractivity contribution in [3.63, 3.8) is 0 Å². The molecule has 3 aromatic rings. The van der Waals surface area contributed by atoms with Crippen molar-refractivity contribution < 1.29 is 14.0 Å². The lowest BCUT2D eigenvalue weighted by molar-refractivity contribution is -0.124. The van der Waals surface area contributed by atoms with Crippen LogP contribution in [-0.4, -0.2) is 17.1 Å². The largest absolute Gasteiger partial charge is 0.459 e. The number of hydrogen-bond acceptors (Lipinski definition) is 4. The normalized spacial score (nSPS) is 17.4. The van der Waals surface area contributed by atoms with Crippen LogP contribution in [0.1, 0.15) is 25.1 Å². The van der Waals surface area contributed by atoms with Crippen LogP contribution in [0.25, 0.3) is 11.0 Å². The molecule has 6 heteroatoms. The van der Waals surface area contributed by atoms with Gasteiger partial charge in [-0.05, 0) is 31.2 Å². The predicted octanol–water partition coefficient (Wildman–Crippen LogP) is 4.11. The number of anilines is 1. The molecule has 1 aliphatic heterocycles. The number of carbonyl (C=O) groups is 2. The Morgan fingerprint density at radius 2 is 2.00 bits per heavy atom. The van der Waals surface area contributed by atoms with Crippen LogP contribution >= 0.6 is 11.8 Å². The van der Waals surface area contributed by atoms with E-state index in [1.54, 1.807) is 0 Å². The number of para-hydroxylation sites is 2. The van der Waals surface area contributed by atoms with E-state index < -0.39 is 5.25 Å². The van der Waals surface area contributed by atoms with E-state index in [0.717, 1.165) is 21.6 Å².